The van der Waals surface area contributed by atoms with E-state index in [9.17, 15) is 0 Å². The smallest absolute Gasteiger partial charge is 0.191 e. The Morgan fingerprint density at radius 3 is 2.87 bits per heavy atom. The Hall–Kier alpha value is -0.890. The molecule has 1 aromatic rings. The van der Waals surface area contributed by atoms with Crippen molar-refractivity contribution in [2.24, 2.45) is 4.99 Å². The van der Waals surface area contributed by atoms with E-state index in [0.717, 1.165) is 37.7 Å². The number of guanidine groups is 1. The number of aliphatic imine (C=N–C) groups is 1. The molecule has 2 N–H and O–H groups in total. The average Bonchev–Trinajstić information content (AvgIpc) is 3.00. The van der Waals surface area contributed by atoms with Gasteiger partial charge in [-0.2, -0.15) is 0 Å². The van der Waals surface area contributed by atoms with Crippen molar-refractivity contribution in [1.29, 1.82) is 0 Å². The molecular weight excluding hydrogens is 401 g/mol. The molecule has 1 atom stereocenters. The molecule has 1 fully saturated rings. The van der Waals surface area contributed by atoms with Crippen LogP contribution in [0.25, 0.3) is 0 Å². The summed E-state index contributed by atoms with van der Waals surface area (Å²) in [4.78, 5) is 11.2. The lowest BCUT2D eigenvalue weighted by Gasteiger charge is -2.24. The lowest BCUT2D eigenvalue weighted by molar-refractivity contribution is 0.267. The van der Waals surface area contributed by atoms with E-state index in [1.54, 1.807) is 0 Å². The zero-order valence-electron chi connectivity index (χ0n) is 14.5. The lowest BCUT2D eigenvalue weighted by Crippen LogP contribution is -2.45. The van der Waals surface area contributed by atoms with E-state index in [4.69, 9.17) is 0 Å². The van der Waals surface area contributed by atoms with Gasteiger partial charge in [0.15, 0.2) is 5.96 Å². The molecule has 1 aliphatic rings. The number of aromatic nitrogens is 1. The highest BCUT2D eigenvalue weighted by Crippen LogP contribution is 2.15. The molecule has 0 aliphatic carbocycles. The first kappa shape index (κ1) is 20.2. The molecule has 0 spiro atoms. The zero-order valence-corrected chi connectivity index (χ0v) is 16.8. The standard InChI is InChI=1S/C17H29N5.HI/c1-4-22-11-5-6-16(22)13-21-17(18-3)19-10-9-15-8-7-14(2)20-12-15;/h7-8,12,16H,4-6,9-11,13H2,1-3H3,(H2,18,19,21);1H. The fourth-order valence-electron chi connectivity index (χ4n) is 2.95. The maximum Gasteiger partial charge on any atom is 0.191 e. The summed E-state index contributed by atoms with van der Waals surface area (Å²) in [6, 6.07) is 4.84. The predicted octanol–water partition coefficient (Wildman–Crippen LogP) is 2.20. The fourth-order valence-corrected chi connectivity index (χ4v) is 2.95. The summed E-state index contributed by atoms with van der Waals surface area (Å²) >= 11 is 0. The summed E-state index contributed by atoms with van der Waals surface area (Å²) in [6.07, 6.45) is 5.50. The molecule has 1 aliphatic heterocycles. The van der Waals surface area contributed by atoms with Gasteiger partial charge in [-0.05, 0) is 50.9 Å². The van der Waals surface area contributed by atoms with Crippen LogP contribution in [0.5, 0.6) is 0 Å². The number of hydrogen-bond donors (Lipinski definition) is 2. The number of likely N-dealkylation sites (N-methyl/N-ethyl adjacent to an activating group) is 1. The van der Waals surface area contributed by atoms with Gasteiger partial charge in [0.1, 0.15) is 0 Å². The first-order valence-electron chi connectivity index (χ1n) is 8.33. The zero-order chi connectivity index (χ0) is 15.8. The highest BCUT2D eigenvalue weighted by atomic mass is 127. The second-order valence-electron chi connectivity index (χ2n) is 5.86. The van der Waals surface area contributed by atoms with E-state index in [-0.39, 0.29) is 24.0 Å². The predicted molar refractivity (Wildman–Crippen MR) is 108 cm³/mol. The van der Waals surface area contributed by atoms with Crippen LogP contribution in [0.15, 0.2) is 23.3 Å². The van der Waals surface area contributed by atoms with E-state index in [2.05, 4.69) is 44.6 Å². The van der Waals surface area contributed by atoms with Crippen LogP contribution < -0.4 is 10.6 Å². The molecule has 5 nitrogen and oxygen atoms in total. The number of hydrogen-bond acceptors (Lipinski definition) is 3. The first-order chi connectivity index (χ1) is 10.7. The van der Waals surface area contributed by atoms with Gasteiger partial charge in [0.2, 0.25) is 0 Å². The third-order valence-corrected chi connectivity index (χ3v) is 4.31. The molecular formula is C17H30IN5. The van der Waals surface area contributed by atoms with Gasteiger partial charge >= 0.3 is 0 Å². The minimum atomic E-state index is 0. The molecule has 1 saturated heterocycles. The van der Waals surface area contributed by atoms with Crippen LogP contribution >= 0.6 is 24.0 Å². The van der Waals surface area contributed by atoms with Crippen molar-refractivity contribution in [3.8, 4) is 0 Å². The molecule has 6 heteroatoms. The average molecular weight is 431 g/mol. The number of nitrogens with one attached hydrogen (secondary N) is 2. The molecule has 0 amide bonds. The van der Waals surface area contributed by atoms with Gasteiger partial charge in [-0.25, -0.2) is 0 Å². The second kappa shape index (κ2) is 10.8. The van der Waals surface area contributed by atoms with E-state index >= 15 is 0 Å². The van der Waals surface area contributed by atoms with Crippen molar-refractivity contribution >= 4 is 29.9 Å². The number of nitrogens with zero attached hydrogens (tertiary/aromatic N) is 3. The van der Waals surface area contributed by atoms with E-state index in [1.165, 1.54) is 24.9 Å². The van der Waals surface area contributed by atoms with Crippen LogP contribution in [0.3, 0.4) is 0 Å². The van der Waals surface area contributed by atoms with E-state index in [1.807, 2.05) is 20.2 Å². The molecule has 2 heterocycles. The second-order valence-corrected chi connectivity index (χ2v) is 5.86. The minimum absolute atomic E-state index is 0. The molecule has 2 rings (SSSR count). The van der Waals surface area contributed by atoms with Crippen LogP contribution in [0.2, 0.25) is 0 Å². The lowest BCUT2D eigenvalue weighted by atomic mass is 10.2. The van der Waals surface area contributed by atoms with Crippen LogP contribution in [0.1, 0.15) is 31.0 Å². The Kier molecular flexibility index (Phi) is 9.47. The van der Waals surface area contributed by atoms with Gasteiger partial charge in [0.05, 0.1) is 0 Å². The first-order valence-corrected chi connectivity index (χ1v) is 8.33. The van der Waals surface area contributed by atoms with Gasteiger partial charge in [0, 0.05) is 38.1 Å². The van der Waals surface area contributed by atoms with Crippen molar-refractivity contribution in [2.45, 2.75) is 39.2 Å². The Morgan fingerprint density at radius 2 is 2.22 bits per heavy atom. The normalized spacial score (nSPS) is 18.6. The number of halogens is 1. The van der Waals surface area contributed by atoms with Crippen LogP contribution in [0.4, 0.5) is 0 Å². The molecule has 23 heavy (non-hydrogen) atoms. The van der Waals surface area contributed by atoms with Gasteiger partial charge in [-0.15, -0.1) is 24.0 Å². The van der Waals surface area contributed by atoms with Crippen molar-refractivity contribution in [3.63, 3.8) is 0 Å². The van der Waals surface area contributed by atoms with Crippen molar-refractivity contribution < 1.29 is 0 Å². The number of likely N-dealkylation sites (tertiary alicyclic amines) is 1. The van der Waals surface area contributed by atoms with Crippen molar-refractivity contribution in [1.82, 2.24) is 20.5 Å². The number of pyridine rings is 1. The molecule has 1 unspecified atom stereocenters. The largest absolute Gasteiger partial charge is 0.356 e. The quantitative estimate of drug-likeness (QED) is 0.412. The molecule has 1 aromatic heterocycles. The molecule has 0 radical (unpaired) electrons. The summed E-state index contributed by atoms with van der Waals surface area (Å²) in [5.41, 5.74) is 2.31. The van der Waals surface area contributed by atoms with Gasteiger partial charge in [0.25, 0.3) is 0 Å². The highest BCUT2D eigenvalue weighted by molar-refractivity contribution is 14.0. The van der Waals surface area contributed by atoms with E-state index < -0.39 is 0 Å². The van der Waals surface area contributed by atoms with Crippen LogP contribution in [-0.2, 0) is 6.42 Å². The topological polar surface area (TPSA) is 52.5 Å². The summed E-state index contributed by atoms with van der Waals surface area (Å²) < 4.78 is 0. The third-order valence-electron chi connectivity index (χ3n) is 4.31. The van der Waals surface area contributed by atoms with E-state index in [0.29, 0.717) is 6.04 Å². The SMILES string of the molecule is CCN1CCCC1CNC(=NC)NCCc1ccc(C)nc1.I. The highest BCUT2D eigenvalue weighted by Gasteiger charge is 2.22. The van der Waals surface area contributed by atoms with Gasteiger partial charge < -0.3 is 10.6 Å². The van der Waals surface area contributed by atoms with Crippen LogP contribution in [-0.4, -0.2) is 55.1 Å². The van der Waals surface area contributed by atoms with Crippen molar-refractivity contribution in [3.05, 3.63) is 29.6 Å². The summed E-state index contributed by atoms with van der Waals surface area (Å²) in [6.45, 7) is 8.46. The maximum absolute atomic E-state index is 4.32. The molecule has 0 saturated carbocycles. The Labute approximate surface area is 157 Å². The Balaban J connectivity index is 0.00000264. The van der Waals surface area contributed by atoms with Gasteiger partial charge in [-0.1, -0.05) is 13.0 Å². The third kappa shape index (κ3) is 6.63. The summed E-state index contributed by atoms with van der Waals surface area (Å²) in [5, 5.41) is 6.83. The number of aryl methyl sites for hydroxylation is 1. The number of rotatable bonds is 6. The summed E-state index contributed by atoms with van der Waals surface area (Å²) in [5.74, 6) is 0.892. The van der Waals surface area contributed by atoms with Gasteiger partial charge in [-0.3, -0.25) is 14.9 Å². The fraction of sp³-hybridized carbons (Fsp3) is 0.647. The van der Waals surface area contributed by atoms with Crippen LogP contribution in [0, 0.1) is 6.92 Å². The monoisotopic (exact) mass is 431 g/mol. The van der Waals surface area contributed by atoms with Crippen molar-refractivity contribution in [2.75, 3.05) is 33.2 Å². The molecule has 0 aromatic carbocycles. The summed E-state index contributed by atoms with van der Waals surface area (Å²) in [7, 11) is 1.83. The maximum atomic E-state index is 4.32. The minimum Gasteiger partial charge on any atom is -0.356 e. The Morgan fingerprint density at radius 1 is 1.39 bits per heavy atom. The Bertz CT molecular complexity index is 474. The molecule has 0 bridgehead atoms. The molecule has 130 valence electrons.